The molecule has 0 unspecified atom stereocenters. The third-order valence-electron chi connectivity index (χ3n) is 3.19. The van der Waals surface area contributed by atoms with Crippen molar-refractivity contribution in [1.29, 1.82) is 0 Å². The first-order valence-corrected chi connectivity index (χ1v) is 6.73. The first-order valence-electron chi connectivity index (χ1n) is 6.73. The number of anilines is 2. The predicted molar refractivity (Wildman–Crippen MR) is 75.3 cm³/mol. The number of likely N-dealkylation sites (N-methyl/N-ethyl adjacent to an activating group) is 1. The SMILES string of the molecule is C[C@@H](OCC(F)(F)F)C(=O)Nc1ccc2c(c1)OCCN2C. The van der Waals surface area contributed by atoms with Crippen molar-refractivity contribution in [3.8, 4) is 5.75 Å². The maximum Gasteiger partial charge on any atom is 0.411 e. The zero-order valence-electron chi connectivity index (χ0n) is 12.2. The van der Waals surface area contributed by atoms with Crippen molar-refractivity contribution in [1.82, 2.24) is 0 Å². The van der Waals surface area contributed by atoms with Crippen molar-refractivity contribution in [2.45, 2.75) is 19.2 Å². The number of carbonyl (C=O) groups excluding carboxylic acids is 1. The molecule has 0 radical (unpaired) electrons. The van der Waals surface area contributed by atoms with Crippen LogP contribution in [0.4, 0.5) is 24.5 Å². The van der Waals surface area contributed by atoms with Crippen LogP contribution in [0, 0.1) is 0 Å². The molecule has 0 aliphatic carbocycles. The summed E-state index contributed by atoms with van der Waals surface area (Å²) >= 11 is 0. The van der Waals surface area contributed by atoms with Gasteiger partial charge in [0.25, 0.3) is 5.91 Å². The van der Waals surface area contributed by atoms with E-state index in [4.69, 9.17) is 4.74 Å². The molecule has 1 amide bonds. The number of nitrogens with one attached hydrogen (secondary N) is 1. The molecular formula is C14H17F3N2O3. The van der Waals surface area contributed by atoms with Crippen LogP contribution in [-0.2, 0) is 9.53 Å². The van der Waals surface area contributed by atoms with Crippen LogP contribution in [0.15, 0.2) is 18.2 Å². The summed E-state index contributed by atoms with van der Waals surface area (Å²) in [6.07, 6.45) is -5.67. The van der Waals surface area contributed by atoms with Crippen molar-refractivity contribution in [2.24, 2.45) is 0 Å². The molecule has 1 N–H and O–H groups in total. The molecule has 1 aliphatic heterocycles. The van der Waals surface area contributed by atoms with E-state index in [2.05, 4.69) is 10.1 Å². The van der Waals surface area contributed by atoms with Crippen molar-refractivity contribution in [3.05, 3.63) is 18.2 Å². The average molecular weight is 318 g/mol. The van der Waals surface area contributed by atoms with Gasteiger partial charge in [0.05, 0.1) is 12.2 Å². The van der Waals surface area contributed by atoms with Gasteiger partial charge < -0.3 is 19.7 Å². The molecule has 0 spiro atoms. The number of hydrogen-bond donors (Lipinski definition) is 1. The number of ether oxygens (including phenoxy) is 2. The van der Waals surface area contributed by atoms with Crippen LogP contribution in [0.3, 0.4) is 0 Å². The van der Waals surface area contributed by atoms with Crippen LogP contribution in [0.5, 0.6) is 5.75 Å². The maximum atomic E-state index is 12.1. The topological polar surface area (TPSA) is 50.8 Å². The Morgan fingerprint density at radius 3 is 2.91 bits per heavy atom. The molecule has 1 aromatic rings. The lowest BCUT2D eigenvalue weighted by atomic mass is 10.2. The fraction of sp³-hybridized carbons (Fsp3) is 0.500. The van der Waals surface area contributed by atoms with Gasteiger partial charge in [-0.3, -0.25) is 4.79 Å². The summed E-state index contributed by atoms with van der Waals surface area (Å²) in [6, 6.07) is 5.09. The molecule has 0 bridgehead atoms. The molecule has 122 valence electrons. The summed E-state index contributed by atoms with van der Waals surface area (Å²) in [7, 11) is 1.92. The Morgan fingerprint density at radius 1 is 1.50 bits per heavy atom. The van der Waals surface area contributed by atoms with Gasteiger partial charge in [0, 0.05) is 18.8 Å². The molecule has 1 atom stereocenters. The van der Waals surface area contributed by atoms with E-state index in [1.807, 2.05) is 11.9 Å². The minimum atomic E-state index is -4.46. The van der Waals surface area contributed by atoms with Gasteiger partial charge in [-0.05, 0) is 19.1 Å². The second kappa shape index (κ2) is 6.43. The summed E-state index contributed by atoms with van der Waals surface area (Å²) in [5.41, 5.74) is 1.34. The number of halogens is 3. The Labute approximate surface area is 126 Å². The van der Waals surface area contributed by atoms with Gasteiger partial charge in [0.1, 0.15) is 25.1 Å². The van der Waals surface area contributed by atoms with E-state index in [0.717, 1.165) is 12.2 Å². The van der Waals surface area contributed by atoms with Gasteiger partial charge >= 0.3 is 6.18 Å². The molecule has 1 aromatic carbocycles. The molecule has 2 rings (SSSR count). The number of benzene rings is 1. The number of rotatable bonds is 4. The zero-order chi connectivity index (χ0) is 16.3. The van der Waals surface area contributed by atoms with E-state index < -0.39 is 24.8 Å². The first kappa shape index (κ1) is 16.4. The van der Waals surface area contributed by atoms with Crippen molar-refractivity contribution >= 4 is 17.3 Å². The molecule has 0 saturated carbocycles. The molecular weight excluding hydrogens is 301 g/mol. The van der Waals surface area contributed by atoms with Crippen LogP contribution in [0.25, 0.3) is 0 Å². The van der Waals surface area contributed by atoms with E-state index in [1.165, 1.54) is 6.92 Å². The lowest BCUT2D eigenvalue weighted by Crippen LogP contribution is -2.32. The van der Waals surface area contributed by atoms with Gasteiger partial charge in [-0.25, -0.2) is 0 Å². The van der Waals surface area contributed by atoms with Gasteiger partial charge in [-0.1, -0.05) is 0 Å². The Bertz CT molecular complexity index is 549. The Morgan fingerprint density at radius 2 is 2.23 bits per heavy atom. The smallest absolute Gasteiger partial charge is 0.411 e. The quantitative estimate of drug-likeness (QED) is 0.926. The Kier molecular flexibility index (Phi) is 4.80. The number of fused-ring (bicyclic) bond motifs is 1. The van der Waals surface area contributed by atoms with E-state index in [9.17, 15) is 18.0 Å². The highest BCUT2D eigenvalue weighted by Gasteiger charge is 2.30. The minimum Gasteiger partial charge on any atom is -0.489 e. The molecule has 5 nitrogen and oxygen atoms in total. The molecule has 0 saturated heterocycles. The van der Waals surface area contributed by atoms with Crippen molar-refractivity contribution in [3.63, 3.8) is 0 Å². The number of amides is 1. The van der Waals surface area contributed by atoms with E-state index in [-0.39, 0.29) is 0 Å². The molecule has 0 aromatic heterocycles. The molecule has 8 heteroatoms. The van der Waals surface area contributed by atoms with Crippen molar-refractivity contribution in [2.75, 3.05) is 37.0 Å². The molecule has 0 fully saturated rings. The first-order chi connectivity index (χ1) is 10.3. The summed E-state index contributed by atoms with van der Waals surface area (Å²) in [4.78, 5) is 13.8. The van der Waals surface area contributed by atoms with E-state index in [0.29, 0.717) is 18.0 Å². The molecule has 22 heavy (non-hydrogen) atoms. The highest BCUT2D eigenvalue weighted by atomic mass is 19.4. The largest absolute Gasteiger partial charge is 0.489 e. The lowest BCUT2D eigenvalue weighted by Gasteiger charge is -2.28. The third-order valence-corrected chi connectivity index (χ3v) is 3.19. The number of carbonyl (C=O) groups is 1. The van der Waals surface area contributed by atoms with Crippen LogP contribution in [0.2, 0.25) is 0 Å². The zero-order valence-corrected chi connectivity index (χ0v) is 12.2. The number of alkyl halides is 3. The standard InChI is InChI=1S/C14H17F3N2O3/c1-9(22-8-14(15,16)17)13(20)18-10-3-4-11-12(7-10)21-6-5-19(11)2/h3-4,7,9H,5-6,8H2,1-2H3,(H,18,20)/t9-/m1/s1. The summed E-state index contributed by atoms with van der Waals surface area (Å²) in [5, 5.41) is 2.51. The van der Waals surface area contributed by atoms with Gasteiger partial charge in [0.15, 0.2) is 0 Å². The second-order valence-electron chi connectivity index (χ2n) is 5.01. The highest BCUT2D eigenvalue weighted by molar-refractivity contribution is 5.94. The number of nitrogens with zero attached hydrogens (tertiary/aromatic N) is 1. The highest BCUT2D eigenvalue weighted by Crippen LogP contribution is 2.33. The van der Waals surface area contributed by atoms with E-state index in [1.54, 1.807) is 18.2 Å². The van der Waals surface area contributed by atoms with Crippen LogP contribution in [0.1, 0.15) is 6.92 Å². The lowest BCUT2D eigenvalue weighted by molar-refractivity contribution is -0.184. The average Bonchev–Trinajstić information content (AvgIpc) is 2.44. The Balaban J connectivity index is 1.97. The fourth-order valence-electron chi connectivity index (χ4n) is 1.97. The van der Waals surface area contributed by atoms with Crippen LogP contribution >= 0.6 is 0 Å². The monoisotopic (exact) mass is 318 g/mol. The normalized spacial score (nSPS) is 15.8. The molecule has 1 heterocycles. The van der Waals surface area contributed by atoms with Gasteiger partial charge in [-0.2, -0.15) is 13.2 Å². The molecule has 1 aliphatic rings. The van der Waals surface area contributed by atoms with Crippen LogP contribution in [-0.4, -0.2) is 45.0 Å². The van der Waals surface area contributed by atoms with E-state index >= 15 is 0 Å². The summed E-state index contributed by atoms with van der Waals surface area (Å²) in [5.74, 6) is -0.0243. The second-order valence-corrected chi connectivity index (χ2v) is 5.01. The van der Waals surface area contributed by atoms with Crippen LogP contribution < -0.4 is 15.0 Å². The van der Waals surface area contributed by atoms with Gasteiger partial charge in [-0.15, -0.1) is 0 Å². The predicted octanol–water partition coefficient (Wildman–Crippen LogP) is 2.42. The summed E-state index contributed by atoms with van der Waals surface area (Å²) < 4.78 is 46.2. The number of hydrogen-bond acceptors (Lipinski definition) is 4. The minimum absolute atomic E-state index is 0.446. The van der Waals surface area contributed by atoms with Gasteiger partial charge in [0.2, 0.25) is 0 Å². The Hall–Kier alpha value is -1.96. The van der Waals surface area contributed by atoms with Crippen molar-refractivity contribution < 1.29 is 27.4 Å². The maximum absolute atomic E-state index is 12.1. The fourth-order valence-corrected chi connectivity index (χ4v) is 1.97. The third kappa shape index (κ3) is 4.27. The summed E-state index contributed by atoms with van der Waals surface area (Å²) in [6.45, 7) is 1.11.